The van der Waals surface area contributed by atoms with Gasteiger partial charge in [-0.3, -0.25) is 4.79 Å². The molecule has 0 bridgehead atoms. The van der Waals surface area contributed by atoms with Gasteiger partial charge in [0.25, 0.3) is 5.91 Å². The molecule has 1 aliphatic heterocycles. The molecule has 0 saturated heterocycles. The van der Waals surface area contributed by atoms with Crippen molar-refractivity contribution in [1.29, 1.82) is 0 Å². The van der Waals surface area contributed by atoms with Crippen molar-refractivity contribution in [3.8, 4) is 5.75 Å². The van der Waals surface area contributed by atoms with Crippen LogP contribution in [0.5, 0.6) is 5.75 Å². The molecule has 0 saturated carbocycles. The molecule has 1 aromatic heterocycles. The van der Waals surface area contributed by atoms with Crippen molar-refractivity contribution in [2.24, 2.45) is 0 Å². The normalized spacial score (nSPS) is 19.3. The zero-order valence-electron chi connectivity index (χ0n) is 18.1. The zero-order valence-corrected chi connectivity index (χ0v) is 18.1. The fraction of sp³-hybridized carbons (Fsp3) is 0.500. The molecule has 7 heteroatoms. The van der Waals surface area contributed by atoms with Gasteiger partial charge in [0.1, 0.15) is 11.4 Å². The van der Waals surface area contributed by atoms with Crippen molar-refractivity contribution in [2.45, 2.75) is 58.2 Å². The molecule has 1 aliphatic rings. The molecule has 156 valence electrons. The number of rotatable bonds is 4. The fourth-order valence-corrected chi connectivity index (χ4v) is 3.73. The Morgan fingerprint density at radius 1 is 1.14 bits per heavy atom. The molecule has 2 heterocycles. The molecule has 2 atom stereocenters. The van der Waals surface area contributed by atoms with Gasteiger partial charge in [0.15, 0.2) is 6.04 Å². The first kappa shape index (κ1) is 20.9. The van der Waals surface area contributed by atoms with Crippen molar-refractivity contribution in [1.82, 2.24) is 14.7 Å². The molecular formula is C22H29N3O4. The molecule has 1 aromatic carbocycles. The van der Waals surface area contributed by atoms with Crippen LogP contribution >= 0.6 is 0 Å². The monoisotopic (exact) mass is 399 g/mol. The second-order valence-corrected chi connectivity index (χ2v) is 8.60. The lowest BCUT2D eigenvalue weighted by atomic mass is 9.91. The van der Waals surface area contributed by atoms with E-state index in [1.54, 1.807) is 22.8 Å². The zero-order chi connectivity index (χ0) is 21.5. The number of carbonyl (C=O) groups excluding carboxylic acids is 2. The number of aromatic nitrogens is 2. The molecule has 0 radical (unpaired) electrons. The maximum atomic E-state index is 13.5. The number of methoxy groups -OCH3 is 2. The van der Waals surface area contributed by atoms with E-state index in [1.165, 1.54) is 7.11 Å². The van der Waals surface area contributed by atoms with Crippen LogP contribution in [-0.2, 0) is 14.9 Å². The predicted octanol–water partition coefficient (Wildman–Crippen LogP) is 3.51. The lowest BCUT2D eigenvalue weighted by Crippen LogP contribution is -2.51. The average Bonchev–Trinajstić information content (AvgIpc) is 3.13. The van der Waals surface area contributed by atoms with Crippen molar-refractivity contribution in [3.63, 3.8) is 0 Å². The summed E-state index contributed by atoms with van der Waals surface area (Å²) in [5.74, 6) is 0.120. The molecule has 1 amide bonds. The molecule has 0 spiro atoms. The summed E-state index contributed by atoms with van der Waals surface area (Å²) in [6.45, 7) is 9.97. The summed E-state index contributed by atoms with van der Waals surface area (Å²) < 4.78 is 11.9. The Kier molecular flexibility index (Phi) is 5.43. The highest BCUT2D eigenvalue weighted by atomic mass is 16.5. The van der Waals surface area contributed by atoms with Gasteiger partial charge in [-0.15, -0.1) is 0 Å². The predicted molar refractivity (Wildman–Crippen MR) is 109 cm³/mol. The van der Waals surface area contributed by atoms with Crippen molar-refractivity contribution in [3.05, 3.63) is 47.3 Å². The van der Waals surface area contributed by atoms with Gasteiger partial charge in [-0.1, -0.05) is 32.9 Å². The molecule has 0 N–H and O–H groups in total. The van der Waals surface area contributed by atoms with Gasteiger partial charge in [-0.2, -0.15) is 5.10 Å². The number of nitrogens with zero attached hydrogens (tertiary/aromatic N) is 3. The van der Waals surface area contributed by atoms with Crippen LogP contribution in [0.3, 0.4) is 0 Å². The molecule has 29 heavy (non-hydrogen) atoms. The Labute approximate surface area is 171 Å². The van der Waals surface area contributed by atoms with Crippen LogP contribution in [-0.4, -0.2) is 46.8 Å². The van der Waals surface area contributed by atoms with Gasteiger partial charge in [-0.05, 0) is 37.6 Å². The lowest BCUT2D eigenvalue weighted by Gasteiger charge is -2.42. The first-order chi connectivity index (χ1) is 13.6. The van der Waals surface area contributed by atoms with E-state index in [1.807, 2.05) is 58.9 Å². The maximum absolute atomic E-state index is 13.5. The minimum atomic E-state index is -0.778. The van der Waals surface area contributed by atoms with E-state index < -0.39 is 18.1 Å². The van der Waals surface area contributed by atoms with Crippen LogP contribution < -0.4 is 4.74 Å². The summed E-state index contributed by atoms with van der Waals surface area (Å²) in [5, 5.41) is 4.67. The van der Waals surface area contributed by atoms with E-state index in [0.717, 1.165) is 11.3 Å². The van der Waals surface area contributed by atoms with E-state index in [0.29, 0.717) is 11.4 Å². The third-order valence-corrected chi connectivity index (χ3v) is 5.28. The van der Waals surface area contributed by atoms with Crippen molar-refractivity contribution < 1.29 is 19.1 Å². The number of carbonyl (C=O) groups is 2. The van der Waals surface area contributed by atoms with Crippen LogP contribution in [0.25, 0.3) is 0 Å². The highest BCUT2D eigenvalue weighted by Crippen LogP contribution is 2.41. The highest BCUT2D eigenvalue weighted by molar-refractivity contribution is 5.96. The first-order valence-corrected chi connectivity index (χ1v) is 9.74. The smallest absolute Gasteiger partial charge is 0.333 e. The van der Waals surface area contributed by atoms with Crippen LogP contribution in [0.1, 0.15) is 68.4 Å². The number of ether oxygens (including phenoxy) is 2. The second-order valence-electron chi connectivity index (χ2n) is 8.60. The molecule has 7 nitrogen and oxygen atoms in total. The van der Waals surface area contributed by atoms with E-state index in [4.69, 9.17) is 9.47 Å². The fourth-order valence-electron chi connectivity index (χ4n) is 3.73. The summed E-state index contributed by atoms with van der Waals surface area (Å²) in [6, 6.07) is 7.75. The largest absolute Gasteiger partial charge is 0.497 e. The maximum Gasteiger partial charge on any atom is 0.333 e. The van der Waals surface area contributed by atoms with Crippen molar-refractivity contribution in [2.75, 3.05) is 14.2 Å². The van der Waals surface area contributed by atoms with E-state index in [-0.39, 0.29) is 17.4 Å². The second kappa shape index (κ2) is 7.54. The van der Waals surface area contributed by atoms with Gasteiger partial charge in [0.05, 0.1) is 26.0 Å². The van der Waals surface area contributed by atoms with E-state index in [9.17, 15) is 9.59 Å². The molecule has 0 fully saturated rings. The first-order valence-electron chi connectivity index (χ1n) is 9.74. The standard InChI is InChI=1S/C22H29N3O4/c1-13(2)24-18(14-8-10-15(28-6)11-9-14)19(21(27)29-7)25-16(20(24)26)12-17(23-25)22(3,4)5/h8-13,18-19H,1-7H3/t18-,19+/m1/s1. The molecule has 3 rings (SSSR count). The molecule has 0 aliphatic carbocycles. The van der Waals surface area contributed by atoms with Gasteiger partial charge in [-0.25, -0.2) is 9.48 Å². The lowest BCUT2D eigenvalue weighted by molar-refractivity contribution is -0.148. The SMILES string of the molecule is COC(=O)[C@@H]1[C@@H](c2ccc(OC)cc2)N(C(C)C)C(=O)c2cc(C(C)(C)C)nn21. The highest BCUT2D eigenvalue weighted by Gasteiger charge is 2.47. The van der Waals surface area contributed by atoms with Crippen LogP contribution in [0, 0.1) is 0 Å². The Bertz CT molecular complexity index is 909. The average molecular weight is 399 g/mol. The van der Waals surface area contributed by atoms with Crippen LogP contribution in [0.4, 0.5) is 0 Å². The summed E-state index contributed by atoms with van der Waals surface area (Å²) in [6.07, 6.45) is 0. The summed E-state index contributed by atoms with van der Waals surface area (Å²) in [4.78, 5) is 28.1. The molecule has 2 aromatic rings. The number of hydrogen-bond acceptors (Lipinski definition) is 5. The van der Waals surface area contributed by atoms with Crippen LogP contribution in [0.2, 0.25) is 0 Å². The topological polar surface area (TPSA) is 73.7 Å². The van der Waals surface area contributed by atoms with Gasteiger partial charge in [0.2, 0.25) is 0 Å². The molecule has 0 unspecified atom stereocenters. The van der Waals surface area contributed by atoms with Gasteiger partial charge in [0, 0.05) is 11.5 Å². The summed E-state index contributed by atoms with van der Waals surface area (Å²) in [5.41, 5.74) is 1.73. The van der Waals surface area contributed by atoms with Gasteiger partial charge < -0.3 is 14.4 Å². The number of fused-ring (bicyclic) bond motifs is 1. The minimum absolute atomic E-state index is 0.122. The third-order valence-electron chi connectivity index (χ3n) is 5.28. The summed E-state index contributed by atoms with van der Waals surface area (Å²) >= 11 is 0. The Balaban J connectivity index is 2.24. The number of hydrogen-bond donors (Lipinski definition) is 0. The Morgan fingerprint density at radius 2 is 1.76 bits per heavy atom. The number of esters is 1. The minimum Gasteiger partial charge on any atom is -0.497 e. The van der Waals surface area contributed by atoms with E-state index in [2.05, 4.69) is 5.10 Å². The van der Waals surface area contributed by atoms with E-state index >= 15 is 0 Å². The Hall–Kier alpha value is -2.83. The Morgan fingerprint density at radius 3 is 2.24 bits per heavy atom. The van der Waals surface area contributed by atoms with Crippen LogP contribution in [0.15, 0.2) is 30.3 Å². The summed E-state index contributed by atoms with van der Waals surface area (Å²) in [7, 11) is 2.96. The van der Waals surface area contributed by atoms with Crippen molar-refractivity contribution >= 4 is 11.9 Å². The quantitative estimate of drug-likeness (QED) is 0.736. The number of benzene rings is 1. The third kappa shape index (κ3) is 3.61. The van der Waals surface area contributed by atoms with Gasteiger partial charge >= 0.3 is 5.97 Å². The molecular weight excluding hydrogens is 370 g/mol. The number of amides is 1.